The predicted octanol–water partition coefficient (Wildman–Crippen LogP) is 1.32. The second-order valence-electron chi connectivity index (χ2n) is 2.86. The van der Waals surface area contributed by atoms with Crippen LogP contribution in [0.25, 0.3) is 11.3 Å². The van der Waals surface area contributed by atoms with Crippen LogP contribution in [-0.4, -0.2) is 9.66 Å². The van der Waals surface area contributed by atoms with Crippen LogP contribution >= 0.6 is 15.9 Å². The number of rotatable bonds is 1. The SMILES string of the molecule is Nn1c(-c2ccc(Br)cc2)c[nH]c1=O. The van der Waals surface area contributed by atoms with E-state index in [1.54, 1.807) is 6.20 Å². The fourth-order valence-electron chi connectivity index (χ4n) is 1.22. The van der Waals surface area contributed by atoms with Crippen LogP contribution in [0.3, 0.4) is 0 Å². The lowest BCUT2D eigenvalue weighted by Gasteiger charge is -2.00. The molecule has 0 bridgehead atoms. The third-order valence-corrected chi connectivity index (χ3v) is 2.48. The third kappa shape index (κ3) is 1.46. The molecule has 1 heterocycles. The van der Waals surface area contributed by atoms with Crippen molar-refractivity contribution >= 4 is 15.9 Å². The lowest BCUT2D eigenvalue weighted by Crippen LogP contribution is -2.24. The van der Waals surface area contributed by atoms with Crippen LogP contribution in [0, 0.1) is 0 Å². The Bertz CT molecular complexity index is 498. The number of nitrogens with zero attached hydrogens (tertiary/aromatic N) is 1. The number of benzene rings is 1. The molecule has 0 unspecified atom stereocenters. The van der Waals surface area contributed by atoms with E-state index in [2.05, 4.69) is 20.9 Å². The number of aromatic nitrogens is 2. The molecule has 72 valence electrons. The molecule has 5 heteroatoms. The molecule has 3 N–H and O–H groups in total. The monoisotopic (exact) mass is 253 g/mol. The number of hydrogen-bond acceptors (Lipinski definition) is 2. The van der Waals surface area contributed by atoms with E-state index in [0.29, 0.717) is 5.69 Å². The van der Waals surface area contributed by atoms with E-state index in [4.69, 9.17) is 5.84 Å². The highest BCUT2D eigenvalue weighted by atomic mass is 79.9. The van der Waals surface area contributed by atoms with Crippen LogP contribution in [0.1, 0.15) is 0 Å². The van der Waals surface area contributed by atoms with Crippen molar-refractivity contribution in [1.82, 2.24) is 9.66 Å². The van der Waals surface area contributed by atoms with Gasteiger partial charge in [-0.1, -0.05) is 28.1 Å². The van der Waals surface area contributed by atoms with E-state index in [1.165, 1.54) is 0 Å². The first-order valence-electron chi connectivity index (χ1n) is 4.00. The largest absolute Gasteiger partial charge is 0.344 e. The van der Waals surface area contributed by atoms with E-state index in [1.807, 2.05) is 24.3 Å². The molecule has 0 atom stereocenters. The fourth-order valence-corrected chi connectivity index (χ4v) is 1.49. The molecule has 0 spiro atoms. The molecule has 2 rings (SSSR count). The molecular formula is C9H8BrN3O. The summed E-state index contributed by atoms with van der Waals surface area (Å²) in [4.78, 5) is 13.6. The summed E-state index contributed by atoms with van der Waals surface area (Å²) < 4.78 is 2.08. The number of imidazole rings is 1. The first-order valence-corrected chi connectivity index (χ1v) is 4.79. The highest BCUT2D eigenvalue weighted by Gasteiger charge is 2.04. The van der Waals surface area contributed by atoms with Crippen molar-refractivity contribution < 1.29 is 0 Å². The summed E-state index contributed by atoms with van der Waals surface area (Å²) in [6.45, 7) is 0. The zero-order valence-corrected chi connectivity index (χ0v) is 8.78. The topological polar surface area (TPSA) is 63.8 Å². The summed E-state index contributed by atoms with van der Waals surface area (Å²) in [7, 11) is 0. The Labute approximate surface area is 88.5 Å². The molecule has 1 aromatic carbocycles. The Balaban J connectivity index is 2.55. The van der Waals surface area contributed by atoms with Gasteiger partial charge in [0.2, 0.25) is 0 Å². The van der Waals surface area contributed by atoms with Gasteiger partial charge in [0.25, 0.3) is 0 Å². The number of halogens is 1. The molecule has 0 aliphatic heterocycles. The first kappa shape index (κ1) is 9.08. The van der Waals surface area contributed by atoms with Crippen molar-refractivity contribution in [2.45, 2.75) is 0 Å². The number of nitrogen functional groups attached to an aromatic ring is 1. The van der Waals surface area contributed by atoms with Gasteiger partial charge in [-0.05, 0) is 12.1 Å². The molecular weight excluding hydrogens is 246 g/mol. The van der Waals surface area contributed by atoms with E-state index in [-0.39, 0.29) is 5.69 Å². The lowest BCUT2D eigenvalue weighted by molar-refractivity contribution is 0.943. The average molecular weight is 254 g/mol. The maximum Gasteiger partial charge on any atom is 0.344 e. The van der Waals surface area contributed by atoms with E-state index in [0.717, 1.165) is 14.7 Å². The number of nitrogens with one attached hydrogen (secondary N) is 1. The molecule has 0 amide bonds. The van der Waals surface area contributed by atoms with Gasteiger partial charge in [-0.2, -0.15) is 0 Å². The summed E-state index contributed by atoms with van der Waals surface area (Å²) in [5, 5.41) is 0. The summed E-state index contributed by atoms with van der Waals surface area (Å²) in [6, 6.07) is 7.56. The standard InChI is InChI=1S/C9H8BrN3O/c10-7-3-1-6(2-4-7)8-5-12-9(14)13(8)11/h1-5H,11H2,(H,12,14). The average Bonchev–Trinajstić information content (AvgIpc) is 2.50. The van der Waals surface area contributed by atoms with E-state index < -0.39 is 0 Å². The number of nitrogens with two attached hydrogens (primary N) is 1. The summed E-state index contributed by atoms with van der Waals surface area (Å²) in [5.41, 5.74) is 1.25. The van der Waals surface area contributed by atoms with Gasteiger partial charge < -0.3 is 10.8 Å². The van der Waals surface area contributed by atoms with Crippen LogP contribution in [0.4, 0.5) is 0 Å². The van der Waals surface area contributed by atoms with Gasteiger partial charge in [0.15, 0.2) is 0 Å². The quantitative estimate of drug-likeness (QED) is 0.754. The molecule has 1 aromatic heterocycles. The Hall–Kier alpha value is -1.49. The minimum atomic E-state index is -0.317. The van der Waals surface area contributed by atoms with Crippen LogP contribution in [0.2, 0.25) is 0 Å². The molecule has 0 fully saturated rings. The predicted molar refractivity (Wildman–Crippen MR) is 58.3 cm³/mol. The van der Waals surface area contributed by atoms with Gasteiger partial charge in [-0.25, -0.2) is 9.47 Å². The molecule has 0 saturated heterocycles. The molecule has 0 aliphatic carbocycles. The Kier molecular flexibility index (Phi) is 2.17. The molecule has 0 radical (unpaired) electrons. The summed E-state index contributed by atoms with van der Waals surface area (Å²) in [5.74, 6) is 5.53. The van der Waals surface area contributed by atoms with E-state index in [9.17, 15) is 4.79 Å². The zero-order chi connectivity index (χ0) is 10.1. The molecule has 2 aromatic rings. The van der Waals surface area contributed by atoms with Gasteiger partial charge in [0, 0.05) is 16.2 Å². The Morgan fingerprint density at radius 1 is 1.29 bits per heavy atom. The second kappa shape index (κ2) is 3.34. The first-order chi connectivity index (χ1) is 6.68. The molecule has 0 aliphatic rings. The smallest absolute Gasteiger partial charge is 0.335 e. The number of aromatic amines is 1. The summed E-state index contributed by atoms with van der Waals surface area (Å²) >= 11 is 3.33. The molecule has 0 saturated carbocycles. The zero-order valence-electron chi connectivity index (χ0n) is 7.20. The highest BCUT2D eigenvalue weighted by Crippen LogP contribution is 2.18. The Morgan fingerprint density at radius 2 is 1.93 bits per heavy atom. The number of hydrogen-bond donors (Lipinski definition) is 2. The van der Waals surface area contributed by atoms with Gasteiger partial charge in [0.05, 0.1) is 5.69 Å². The van der Waals surface area contributed by atoms with Gasteiger partial charge in [-0.15, -0.1) is 0 Å². The summed E-state index contributed by atoms with van der Waals surface area (Å²) in [6.07, 6.45) is 1.59. The van der Waals surface area contributed by atoms with Gasteiger partial charge in [0.1, 0.15) is 0 Å². The van der Waals surface area contributed by atoms with Crippen LogP contribution < -0.4 is 11.5 Å². The van der Waals surface area contributed by atoms with Crippen molar-refractivity contribution in [3.63, 3.8) is 0 Å². The maximum atomic E-state index is 11.1. The van der Waals surface area contributed by atoms with Crippen LogP contribution in [0.5, 0.6) is 0 Å². The van der Waals surface area contributed by atoms with Crippen molar-refractivity contribution in [3.05, 3.63) is 45.4 Å². The van der Waals surface area contributed by atoms with Crippen molar-refractivity contribution in [3.8, 4) is 11.3 Å². The second-order valence-corrected chi connectivity index (χ2v) is 3.77. The Morgan fingerprint density at radius 3 is 2.43 bits per heavy atom. The van der Waals surface area contributed by atoms with Crippen molar-refractivity contribution in [2.24, 2.45) is 0 Å². The number of H-pyrrole nitrogens is 1. The van der Waals surface area contributed by atoms with Crippen molar-refractivity contribution in [2.75, 3.05) is 5.84 Å². The van der Waals surface area contributed by atoms with Crippen LogP contribution in [0.15, 0.2) is 39.7 Å². The van der Waals surface area contributed by atoms with E-state index >= 15 is 0 Å². The minimum absolute atomic E-state index is 0.317. The normalized spacial score (nSPS) is 10.4. The highest BCUT2D eigenvalue weighted by molar-refractivity contribution is 9.10. The van der Waals surface area contributed by atoms with Crippen molar-refractivity contribution in [1.29, 1.82) is 0 Å². The van der Waals surface area contributed by atoms with Gasteiger partial charge >= 0.3 is 5.69 Å². The molecule has 14 heavy (non-hydrogen) atoms. The maximum absolute atomic E-state index is 11.1. The third-order valence-electron chi connectivity index (χ3n) is 1.95. The minimum Gasteiger partial charge on any atom is -0.335 e. The fraction of sp³-hybridized carbons (Fsp3) is 0. The molecule has 4 nitrogen and oxygen atoms in total. The van der Waals surface area contributed by atoms with Crippen LogP contribution in [-0.2, 0) is 0 Å². The lowest BCUT2D eigenvalue weighted by atomic mass is 10.2. The van der Waals surface area contributed by atoms with Gasteiger partial charge in [-0.3, -0.25) is 0 Å².